The fraction of sp³-hybridized carbons (Fsp3) is 0.571. The number of carbonyl (C=O) groups excluding carboxylic acids is 1. The van der Waals surface area contributed by atoms with Gasteiger partial charge in [0.1, 0.15) is 0 Å². The van der Waals surface area contributed by atoms with Gasteiger partial charge in [0.15, 0.2) is 0 Å². The van der Waals surface area contributed by atoms with Crippen LogP contribution in [0.25, 0.3) is 0 Å². The molecule has 1 N–H and O–H groups in total. The van der Waals surface area contributed by atoms with Crippen LogP contribution in [0.2, 0.25) is 0 Å². The first-order chi connectivity index (χ1) is 4.83. The third-order valence-electron chi connectivity index (χ3n) is 1.49. The van der Waals surface area contributed by atoms with Gasteiger partial charge in [0, 0.05) is 6.42 Å². The maximum absolute atomic E-state index is 9.99. The maximum Gasteiger partial charge on any atom is 0.207 e. The lowest BCUT2D eigenvalue weighted by molar-refractivity contribution is -0.110. The second kappa shape index (κ2) is 3.25. The Morgan fingerprint density at radius 2 is 2.60 bits per heavy atom. The monoisotopic (exact) mass is 141 g/mol. The summed E-state index contributed by atoms with van der Waals surface area (Å²) >= 11 is 0. The fourth-order valence-electron chi connectivity index (χ4n) is 0.977. The second-order valence-electron chi connectivity index (χ2n) is 2.40. The van der Waals surface area contributed by atoms with Crippen LogP contribution in [0.4, 0.5) is 0 Å². The van der Waals surface area contributed by atoms with Crippen molar-refractivity contribution in [2.75, 3.05) is 0 Å². The molecule has 0 fully saturated rings. The summed E-state index contributed by atoms with van der Waals surface area (Å²) in [7, 11) is 0. The molecular formula is C7H11NO2. The van der Waals surface area contributed by atoms with Gasteiger partial charge in [-0.3, -0.25) is 4.79 Å². The average molecular weight is 141 g/mol. The van der Waals surface area contributed by atoms with Crippen molar-refractivity contribution in [1.29, 1.82) is 0 Å². The van der Waals surface area contributed by atoms with Gasteiger partial charge in [-0.15, -0.1) is 0 Å². The van der Waals surface area contributed by atoms with Gasteiger partial charge in [-0.2, -0.15) is 0 Å². The van der Waals surface area contributed by atoms with E-state index in [1.807, 2.05) is 13.0 Å². The first-order valence-electron chi connectivity index (χ1n) is 3.34. The van der Waals surface area contributed by atoms with Gasteiger partial charge in [-0.05, 0) is 13.0 Å². The highest BCUT2D eigenvalue weighted by Crippen LogP contribution is 2.09. The Morgan fingerprint density at radius 3 is 3.20 bits per heavy atom. The smallest absolute Gasteiger partial charge is 0.207 e. The van der Waals surface area contributed by atoms with Crippen LogP contribution in [0.5, 0.6) is 0 Å². The zero-order chi connectivity index (χ0) is 7.40. The summed E-state index contributed by atoms with van der Waals surface area (Å²) in [6.07, 6.45) is 5.26. The molecule has 0 unspecified atom stereocenters. The van der Waals surface area contributed by atoms with Crippen molar-refractivity contribution in [3.63, 3.8) is 0 Å². The summed E-state index contributed by atoms with van der Waals surface area (Å²) in [5, 5.41) is 2.67. The predicted octanol–water partition coefficient (Wildman–Crippen LogP) is 0.423. The number of ether oxygens (including phenoxy) is 1. The number of rotatable bonds is 2. The summed E-state index contributed by atoms with van der Waals surface area (Å²) in [5.41, 5.74) is 0. The van der Waals surface area contributed by atoms with E-state index < -0.39 is 0 Å². The van der Waals surface area contributed by atoms with Crippen LogP contribution in [0.15, 0.2) is 12.3 Å². The van der Waals surface area contributed by atoms with Gasteiger partial charge in [0.05, 0.1) is 18.4 Å². The third-order valence-corrected chi connectivity index (χ3v) is 1.49. The summed E-state index contributed by atoms with van der Waals surface area (Å²) in [6, 6.07) is 0.154. The summed E-state index contributed by atoms with van der Waals surface area (Å²) < 4.78 is 5.12. The minimum absolute atomic E-state index is 0.154. The molecule has 10 heavy (non-hydrogen) atoms. The lowest BCUT2D eigenvalue weighted by Gasteiger charge is -2.21. The van der Waals surface area contributed by atoms with E-state index in [1.54, 1.807) is 6.26 Å². The van der Waals surface area contributed by atoms with E-state index in [0.29, 0.717) is 6.41 Å². The lowest BCUT2D eigenvalue weighted by Crippen LogP contribution is -2.31. The fourth-order valence-corrected chi connectivity index (χ4v) is 0.977. The van der Waals surface area contributed by atoms with Crippen LogP contribution < -0.4 is 5.32 Å². The highest BCUT2D eigenvalue weighted by Gasteiger charge is 2.13. The molecule has 1 rings (SSSR count). The molecule has 1 heterocycles. The molecule has 0 aromatic heterocycles. The second-order valence-corrected chi connectivity index (χ2v) is 2.40. The molecule has 0 bridgehead atoms. The van der Waals surface area contributed by atoms with Crippen LogP contribution in [0.3, 0.4) is 0 Å². The molecule has 3 heteroatoms. The van der Waals surface area contributed by atoms with E-state index in [2.05, 4.69) is 5.32 Å². The molecule has 1 amide bonds. The Balaban J connectivity index is 2.38. The van der Waals surface area contributed by atoms with Crippen LogP contribution in [-0.2, 0) is 9.53 Å². The van der Waals surface area contributed by atoms with E-state index in [-0.39, 0.29) is 12.1 Å². The van der Waals surface area contributed by atoms with Crippen molar-refractivity contribution >= 4 is 6.41 Å². The molecule has 0 aromatic carbocycles. The van der Waals surface area contributed by atoms with Crippen molar-refractivity contribution in [3.05, 3.63) is 12.3 Å². The maximum atomic E-state index is 9.99. The largest absolute Gasteiger partial charge is 0.498 e. The zero-order valence-electron chi connectivity index (χ0n) is 5.91. The van der Waals surface area contributed by atoms with E-state index in [1.165, 1.54) is 0 Å². The summed E-state index contributed by atoms with van der Waals surface area (Å²) in [6.45, 7) is 1.98. The van der Waals surface area contributed by atoms with Gasteiger partial charge in [0.2, 0.25) is 6.41 Å². The Morgan fingerprint density at radius 1 is 1.80 bits per heavy atom. The van der Waals surface area contributed by atoms with E-state index >= 15 is 0 Å². The van der Waals surface area contributed by atoms with Crippen molar-refractivity contribution < 1.29 is 9.53 Å². The van der Waals surface area contributed by atoms with Gasteiger partial charge in [0.25, 0.3) is 0 Å². The molecule has 0 saturated carbocycles. The molecule has 3 nitrogen and oxygen atoms in total. The number of hydrogen-bond acceptors (Lipinski definition) is 2. The molecule has 0 radical (unpaired) electrons. The molecule has 1 aliphatic heterocycles. The highest BCUT2D eigenvalue weighted by molar-refractivity contribution is 5.47. The first kappa shape index (κ1) is 7.12. The molecule has 1 aliphatic rings. The first-order valence-corrected chi connectivity index (χ1v) is 3.34. The number of nitrogens with one attached hydrogen (secondary N) is 1. The van der Waals surface area contributed by atoms with Crippen LogP contribution in [0.1, 0.15) is 13.3 Å². The minimum Gasteiger partial charge on any atom is -0.498 e. The van der Waals surface area contributed by atoms with Crippen molar-refractivity contribution in [1.82, 2.24) is 5.32 Å². The summed E-state index contributed by atoms with van der Waals surface area (Å²) in [4.78, 5) is 9.99. The average Bonchev–Trinajstić information content (AvgIpc) is 1.88. The standard InChI is InChI=1S/C7H11NO2/c1-6-4-7(8-5-9)2-3-10-6/h2-3,5-7H,4H2,1H3,(H,8,9)/t6-,7-/m1/s1. The molecule has 0 aromatic rings. The van der Waals surface area contributed by atoms with Crippen LogP contribution >= 0.6 is 0 Å². The third kappa shape index (κ3) is 1.76. The lowest BCUT2D eigenvalue weighted by atomic mass is 10.1. The van der Waals surface area contributed by atoms with Crippen LogP contribution in [-0.4, -0.2) is 18.6 Å². The van der Waals surface area contributed by atoms with Gasteiger partial charge in [-0.1, -0.05) is 0 Å². The van der Waals surface area contributed by atoms with Gasteiger partial charge >= 0.3 is 0 Å². The van der Waals surface area contributed by atoms with Gasteiger partial charge < -0.3 is 10.1 Å². The van der Waals surface area contributed by atoms with Crippen molar-refractivity contribution in [3.8, 4) is 0 Å². The Kier molecular flexibility index (Phi) is 2.31. The van der Waals surface area contributed by atoms with E-state index in [9.17, 15) is 4.79 Å². The number of amides is 1. The quantitative estimate of drug-likeness (QED) is 0.566. The van der Waals surface area contributed by atoms with Gasteiger partial charge in [-0.25, -0.2) is 0 Å². The number of carbonyl (C=O) groups is 1. The SMILES string of the molecule is C[C@@H]1C[C@H](NC=O)C=CO1. The van der Waals surface area contributed by atoms with Crippen molar-refractivity contribution in [2.24, 2.45) is 0 Å². The molecule has 2 atom stereocenters. The molecule has 0 spiro atoms. The molecular weight excluding hydrogens is 130 g/mol. The topological polar surface area (TPSA) is 38.3 Å². The number of hydrogen-bond donors (Lipinski definition) is 1. The Labute approximate surface area is 60.1 Å². The normalized spacial score (nSPS) is 30.9. The molecule has 0 aliphatic carbocycles. The molecule has 56 valence electrons. The molecule has 0 saturated heterocycles. The Hall–Kier alpha value is -0.990. The summed E-state index contributed by atoms with van der Waals surface area (Å²) in [5.74, 6) is 0. The Bertz CT molecular complexity index is 145. The van der Waals surface area contributed by atoms with E-state index in [4.69, 9.17) is 4.74 Å². The zero-order valence-corrected chi connectivity index (χ0v) is 5.91. The highest BCUT2D eigenvalue weighted by atomic mass is 16.5. The minimum atomic E-state index is 0.154. The predicted molar refractivity (Wildman–Crippen MR) is 37.3 cm³/mol. The van der Waals surface area contributed by atoms with E-state index in [0.717, 1.165) is 6.42 Å². The van der Waals surface area contributed by atoms with Crippen LogP contribution in [0, 0.1) is 0 Å². The van der Waals surface area contributed by atoms with Crippen molar-refractivity contribution in [2.45, 2.75) is 25.5 Å².